The highest BCUT2D eigenvalue weighted by Gasteiger charge is 2.58. The molecule has 2 heterocycles. The summed E-state index contributed by atoms with van der Waals surface area (Å²) >= 11 is 0. The second-order valence-electron chi connectivity index (χ2n) is 8.31. The normalized spacial score (nSPS) is 18.1. The molecule has 0 radical (unpaired) electrons. The van der Waals surface area contributed by atoms with Crippen molar-refractivity contribution in [2.45, 2.75) is 37.7 Å². The Morgan fingerprint density at radius 2 is 1.69 bits per heavy atom. The van der Waals surface area contributed by atoms with Gasteiger partial charge in [-0.05, 0) is 37.3 Å². The van der Waals surface area contributed by atoms with E-state index in [1.165, 1.54) is 23.9 Å². The van der Waals surface area contributed by atoms with Gasteiger partial charge in [-0.25, -0.2) is 18.7 Å². The van der Waals surface area contributed by atoms with E-state index in [9.17, 15) is 39.9 Å². The van der Waals surface area contributed by atoms with E-state index in [1.807, 2.05) is 0 Å². The van der Waals surface area contributed by atoms with Crippen LogP contribution in [-0.4, -0.2) is 43.0 Å². The van der Waals surface area contributed by atoms with E-state index in [2.05, 4.69) is 15.1 Å². The van der Waals surface area contributed by atoms with Crippen LogP contribution in [0.25, 0.3) is 5.82 Å². The van der Waals surface area contributed by atoms with Crippen LogP contribution < -0.4 is 0 Å². The van der Waals surface area contributed by atoms with Crippen molar-refractivity contribution >= 4 is 5.91 Å². The van der Waals surface area contributed by atoms with Crippen LogP contribution in [-0.2, 0) is 12.4 Å². The summed E-state index contributed by atoms with van der Waals surface area (Å²) in [4.78, 5) is 22.2. The van der Waals surface area contributed by atoms with Crippen molar-refractivity contribution in [1.29, 1.82) is 0 Å². The molecule has 1 aliphatic rings. The van der Waals surface area contributed by atoms with Gasteiger partial charge in [0.25, 0.3) is 11.8 Å². The largest absolute Gasteiger partial charge is 0.416 e. The molecule has 0 saturated heterocycles. The van der Waals surface area contributed by atoms with Crippen molar-refractivity contribution in [1.82, 2.24) is 24.6 Å². The number of benzene rings is 1. The maximum absolute atomic E-state index is 13.7. The summed E-state index contributed by atoms with van der Waals surface area (Å²) < 4.78 is 109. The topological polar surface area (TPSA) is 63.9 Å². The molecule has 6 nitrogen and oxygen atoms in total. The van der Waals surface area contributed by atoms with Gasteiger partial charge in [-0.2, -0.15) is 36.1 Å². The van der Waals surface area contributed by atoms with Crippen molar-refractivity contribution in [3.8, 4) is 5.82 Å². The Balaban J connectivity index is 1.77. The van der Waals surface area contributed by atoms with Gasteiger partial charge in [0, 0.05) is 30.6 Å². The summed E-state index contributed by atoms with van der Waals surface area (Å²) in [5, 5.41) is 4.00. The molecule has 0 spiro atoms. The van der Waals surface area contributed by atoms with Crippen molar-refractivity contribution < 1.29 is 39.9 Å². The maximum Gasteiger partial charge on any atom is 0.416 e. The Labute approximate surface area is 198 Å². The predicted molar refractivity (Wildman–Crippen MR) is 108 cm³/mol. The molecule has 1 amide bonds. The number of carbonyl (C=O) groups excluding carboxylic acids is 1. The summed E-state index contributed by atoms with van der Waals surface area (Å²) in [6.07, 6.45) is -8.42. The Bertz CT molecular complexity index is 1220. The molecule has 14 heteroatoms. The van der Waals surface area contributed by atoms with E-state index in [-0.39, 0.29) is 29.8 Å². The van der Waals surface area contributed by atoms with Crippen LogP contribution in [0.3, 0.4) is 0 Å². The second kappa shape index (κ2) is 8.82. The number of rotatable bonds is 6. The standard InChI is InChI=1S/C22H17F8N5O/c1-12(18-32-11-33-35(18)17-4-2-3-5-31-17)34(10-16-9-20(16,23)24)19(36)13-6-14(21(25,26)27)8-15(7-13)22(28,29)30/h2-8,11-12,16H,9-10H2,1H3. The van der Waals surface area contributed by atoms with E-state index >= 15 is 0 Å². The molecule has 36 heavy (non-hydrogen) atoms. The zero-order chi connectivity index (χ0) is 26.5. The van der Waals surface area contributed by atoms with Gasteiger partial charge in [0.15, 0.2) is 11.6 Å². The average Bonchev–Trinajstić information content (AvgIpc) is 3.18. The van der Waals surface area contributed by atoms with Crippen LogP contribution in [0, 0.1) is 5.92 Å². The molecule has 1 saturated carbocycles. The molecular weight excluding hydrogens is 502 g/mol. The van der Waals surface area contributed by atoms with Gasteiger partial charge < -0.3 is 4.90 Å². The molecule has 0 aliphatic heterocycles. The number of hydrogen-bond donors (Lipinski definition) is 0. The van der Waals surface area contributed by atoms with Gasteiger partial charge in [-0.3, -0.25) is 4.79 Å². The van der Waals surface area contributed by atoms with Gasteiger partial charge in [0.1, 0.15) is 6.33 Å². The summed E-state index contributed by atoms with van der Waals surface area (Å²) in [5.41, 5.74) is -4.33. The first kappa shape index (κ1) is 25.5. The van der Waals surface area contributed by atoms with Crippen LogP contribution >= 0.6 is 0 Å². The molecule has 1 fully saturated rings. The van der Waals surface area contributed by atoms with Crippen molar-refractivity contribution in [3.05, 3.63) is 71.4 Å². The van der Waals surface area contributed by atoms with E-state index in [4.69, 9.17) is 0 Å². The van der Waals surface area contributed by atoms with Gasteiger partial charge in [-0.15, -0.1) is 0 Å². The fraction of sp³-hybridized carbons (Fsp3) is 0.364. The Morgan fingerprint density at radius 3 is 2.19 bits per heavy atom. The highest BCUT2D eigenvalue weighted by Crippen LogP contribution is 2.49. The molecule has 0 N–H and O–H groups in total. The van der Waals surface area contributed by atoms with Crippen molar-refractivity contribution in [3.63, 3.8) is 0 Å². The molecule has 4 rings (SSSR count). The number of halogens is 8. The third-order valence-corrected chi connectivity index (χ3v) is 5.75. The SMILES string of the molecule is CC(c1ncnn1-c1ccccn1)N(CC1CC1(F)F)C(=O)c1cc(C(F)(F)F)cc(C(F)(F)F)c1. The van der Waals surface area contributed by atoms with Gasteiger partial charge in [-0.1, -0.05) is 6.07 Å². The third kappa shape index (κ3) is 5.16. The molecular formula is C22H17F8N5O. The van der Waals surface area contributed by atoms with Crippen LogP contribution in [0.15, 0.2) is 48.9 Å². The zero-order valence-corrected chi connectivity index (χ0v) is 18.4. The minimum Gasteiger partial charge on any atom is -0.328 e. The lowest BCUT2D eigenvalue weighted by Gasteiger charge is -2.29. The quantitative estimate of drug-likeness (QED) is 0.400. The van der Waals surface area contributed by atoms with Crippen LogP contribution in [0.4, 0.5) is 35.1 Å². The molecule has 3 aromatic rings. The summed E-state index contributed by atoms with van der Waals surface area (Å²) in [5.74, 6) is -5.45. The molecule has 2 atom stereocenters. The van der Waals surface area contributed by atoms with E-state index in [0.717, 1.165) is 11.2 Å². The fourth-order valence-corrected chi connectivity index (χ4v) is 3.70. The van der Waals surface area contributed by atoms with Crippen LogP contribution in [0.5, 0.6) is 0 Å². The van der Waals surface area contributed by atoms with Gasteiger partial charge in [0.05, 0.1) is 17.2 Å². The summed E-state index contributed by atoms with van der Waals surface area (Å²) in [7, 11) is 0. The highest BCUT2D eigenvalue weighted by molar-refractivity contribution is 5.95. The third-order valence-electron chi connectivity index (χ3n) is 5.75. The smallest absolute Gasteiger partial charge is 0.328 e. The Morgan fingerprint density at radius 1 is 1.08 bits per heavy atom. The lowest BCUT2D eigenvalue weighted by molar-refractivity contribution is -0.143. The first-order chi connectivity index (χ1) is 16.7. The monoisotopic (exact) mass is 519 g/mol. The minimum absolute atomic E-state index is 0.0223. The first-order valence-electron chi connectivity index (χ1n) is 10.5. The average molecular weight is 519 g/mol. The van der Waals surface area contributed by atoms with Gasteiger partial charge in [0.2, 0.25) is 0 Å². The predicted octanol–water partition coefficient (Wildman–Crippen LogP) is 5.56. The molecule has 2 unspecified atom stereocenters. The number of pyridine rings is 1. The van der Waals surface area contributed by atoms with E-state index in [0.29, 0.717) is 0 Å². The second-order valence-corrected chi connectivity index (χ2v) is 8.31. The number of hydrogen-bond acceptors (Lipinski definition) is 4. The maximum atomic E-state index is 13.7. The lowest BCUT2D eigenvalue weighted by atomic mass is 10.0. The first-order valence-corrected chi connectivity index (χ1v) is 10.5. The summed E-state index contributed by atoms with van der Waals surface area (Å²) in [6.45, 7) is 0.736. The van der Waals surface area contributed by atoms with Crippen LogP contribution in [0.1, 0.15) is 46.7 Å². The number of nitrogens with zero attached hydrogens (tertiary/aromatic N) is 5. The van der Waals surface area contributed by atoms with Crippen molar-refractivity contribution in [2.24, 2.45) is 5.92 Å². The molecule has 192 valence electrons. The van der Waals surface area contributed by atoms with E-state index < -0.39 is 65.8 Å². The molecule has 0 bridgehead atoms. The molecule has 2 aromatic heterocycles. The number of amides is 1. The number of carbonyl (C=O) groups is 1. The number of alkyl halides is 8. The lowest BCUT2D eigenvalue weighted by Crippen LogP contribution is -2.37. The minimum atomic E-state index is -5.19. The Kier molecular flexibility index (Phi) is 6.25. The fourth-order valence-electron chi connectivity index (χ4n) is 3.70. The Hall–Kier alpha value is -3.58. The van der Waals surface area contributed by atoms with Crippen LogP contribution in [0.2, 0.25) is 0 Å². The highest BCUT2D eigenvalue weighted by atomic mass is 19.4. The van der Waals surface area contributed by atoms with Crippen molar-refractivity contribution in [2.75, 3.05) is 6.54 Å². The van der Waals surface area contributed by atoms with Gasteiger partial charge >= 0.3 is 12.4 Å². The number of aromatic nitrogens is 4. The molecule has 1 aromatic carbocycles. The van der Waals surface area contributed by atoms with E-state index in [1.54, 1.807) is 12.1 Å². The summed E-state index contributed by atoms with van der Waals surface area (Å²) in [6, 6.07) is 4.03. The zero-order valence-electron chi connectivity index (χ0n) is 18.4. The molecule has 1 aliphatic carbocycles.